The van der Waals surface area contributed by atoms with Crippen LogP contribution in [-0.4, -0.2) is 39.9 Å². The van der Waals surface area contributed by atoms with Crippen LogP contribution in [0.1, 0.15) is 45.6 Å². The zero-order valence-corrected chi connectivity index (χ0v) is 18.8. The van der Waals surface area contributed by atoms with Crippen molar-refractivity contribution in [1.82, 2.24) is 14.9 Å². The molecule has 3 rings (SSSR count). The first-order valence-corrected chi connectivity index (χ1v) is 10.7. The van der Waals surface area contributed by atoms with Gasteiger partial charge in [-0.05, 0) is 47.4 Å². The molecule has 2 aromatic rings. The van der Waals surface area contributed by atoms with Crippen LogP contribution in [-0.2, 0) is 4.79 Å². The Bertz CT molecular complexity index is 854. The van der Waals surface area contributed by atoms with Crippen LogP contribution in [0.2, 0.25) is 10.2 Å². The summed E-state index contributed by atoms with van der Waals surface area (Å²) in [6.45, 7) is 9.90. The van der Waals surface area contributed by atoms with Gasteiger partial charge >= 0.3 is 0 Å². The van der Waals surface area contributed by atoms with Crippen molar-refractivity contribution in [2.24, 2.45) is 11.3 Å². The molecule has 156 valence electrons. The standard InChI is InChI=1S/C22H28Cl2N4O/c1-14(2)19(27-21-25-11-9-18(24)26-21)20(29)28-12-10-17(22(3,4)13-28)15-5-7-16(23)8-6-15/h5-9,11,14,17,19H,10,12-13H2,1-4H3,(H,25,26,27)/t17?,19-/m1/s1. The van der Waals surface area contributed by atoms with E-state index in [9.17, 15) is 4.79 Å². The maximum Gasteiger partial charge on any atom is 0.245 e. The smallest absolute Gasteiger partial charge is 0.245 e. The third-order valence-electron chi connectivity index (χ3n) is 5.65. The molecule has 1 saturated heterocycles. The Hall–Kier alpha value is -1.85. The van der Waals surface area contributed by atoms with Gasteiger partial charge in [0.1, 0.15) is 11.2 Å². The normalized spacial score (nSPS) is 19.8. The van der Waals surface area contributed by atoms with Gasteiger partial charge in [0.15, 0.2) is 0 Å². The summed E-state index contributed by atoms with van der Waals surface area (Å²) in [4.78, 5) is 23.7. The topological polar surface area (TPSA) is 58.1 Å². The lowest BCUT2D eigenvalue weighted by atomic mass is 9.70. The minimum atomic E-state index is -0.406. The molecule has 1 unspecified atom stereocenters. The summed E-state index contributed by atoms with van der Waals surface area (Å²) in [6, 6.07) is 9.28. The van der Waals surface area contributed by atoms with Crippen LogP contribution in [0.3, 0.4) is 0 Å². The summed E-state index contributed by atoms with van der Waals surface area (Å²) in [7, 11) is 0. The second kappa shape index (κ2) is 8.88. The van der Waals surface area contributed by atoms with E-state index >= 15 is 0 Å². The molecule has 0 aliphatic carbocycles. The molecule has 0 saturated carbocycles. The van der Waals surface area contributed by atoms with Gasteiger partial charge < -0.3 is 10.2 Å². The molecule has 0 spiro atoms. The van der Waals surface area contributed by atoms with E-state index in [1.165, 1.54) is 5.56 Å². The van der Waals surface area contributed by atoms with E-state index in [-0.39, 0.29) is 17.2 Å². The number of anilines is 1. The van der Waals surface area contributed by atoms with Crippen LogP contribution >= 0.6 is 23.2 Å². The van der Waals surface area contributed by atoms with Gasteiger partial charge in [-0.3, -0.25) is 4.79 Å². The summed E-state index contributed by atoms with van der Waals surface area (Å²) >= 11 is 12.0. The van der Waals surface area contributed by atoms with E-state index in [1.807, 2.05) is 30.9 Å². The molecule has 7 heteroatoms. The number of amides is 1. The highest BCUT2D eigenvalue weighted by molar-refractivity contribution is 6.30. The molecular formula is C22H28Cl2N4O. The molecule has 1 amide bonds. The Kier molecular flexibility index (Phi) is 6.69. The summed E-state index contributed by atoms with van der Waals surface area (Å²) in [6.07, 6.45) is 2.50. The van der Waals surface area contributed by atoms with Crippen molar-refractivity contribution in [2.75, 3.05) is 18.4 Å². The number of piperidine rings is 1. The lowest BCUT2D eigenvalue weighted by Gasteiger charge is -2.45. The molecule has 1 aromatic heterocycles. The number of halogens is 2. The molecule has 0 radical (unpaired) electrons. The zero-order chi connectivity index (χ0) is 21.2. The Morgan fingerprint density at radius 2 is 1.90 bits per heavy atom. The fourth-order valence-corrected chi connectivity index (χ4v) is 4.38. The van der Waals surface area contributed by atoms with Gasteiger partial charge in [-0.1, -0.05) is 63.0 Å². The minimum Gasteiger partial charge on any atom is -0.342 e. The van der Waals surface area contributed by atoms with Crippen LogP contribution in [0, 0.1) is 11.3 Å². The van der Waals surface area contributed by atoms with Gasteiger partial charge in [0.2, 0.25) is 11.9 Å². The summed E-state index contributed by atoms with van der Waals surface area (Å²) < 4.78 is 0. The zero-order valence-electron chi connectivity index (χ0n) is 17.3. The molecule has 29 heavy (non-hydrogen) atoms. The van der Waals surface area contributed by atoms with Crippen LogP contribution in [0.25, 0.3) is 0 Å². The number of carbonyl (C=O) groups excluding carboxylic acids is 1. The number of aromatic nitrogens is 2. The van der Waals surface area contributed by atoms with Crippen LogP contribution in [0.15, 0.2) is 36.5 Å². The van der Waals surface area contributed by atoms with E-state index < -0.39 is 6.04 Å². The average molecular weight is 435 g/mol. The number of hydrogen-bond donors (Lipinski definition) is 1. The summed E-state index contributed by atoms with van der Waals surface area (Å²) in [5.41, 5.74) is 1.23. The third-order valence-corrected chi connectivity index (χ3v) is 6.11. The van der Waals surface area contributed by atoms with Crippen LogP contribution in [0.4, 0.5) is 5.95 Å². The van der Waals surface area contributed by atoms with Gasteiger partial charge in [-0.25, -0.2) is 9.97 Å². The van der Waals surface area contributed by atoms with Crippen molar-refractivity contribution in [1.29, 1.82) is 0 Å². The highest BCUT2D eigenvalue weighted by atomic mass is 35.5. The highest BCUT2D eigenvalue weighted by Crippen LogP contribution is 2.42. The molecule has 5 nitrogen and oxygen atoms in total. The second-order valence-corrected chi connectivity index (χ2v) is 9.53. The van der Waals surface area contributed by atoms with E-state index in [2.05, 4.69) is 41.3 Å². The van der Waals surface area contributed by atoms with Gasteiger partial charge in [0, 0.05) is 24.3 Å². The average Bonchev–Trinajstić information content (AvgIpc) is 2.65. The number of carbonyl (C=O) groups is 1. The first-order valence-electron chi connectivity index (χ1n) is 9.97. The number of benzene rings is 1. The third kappa shape index (κ3) is 5.20. The molecule has 1 aliphatic heterocycles. The van der Waals surface area contributed by atoms with Gasteiger partial charge in [0.25, 0.3) is 0 Å². The molecule has 1 aromatic carbocycles. The Balaban J connectivity index is 1.74. The molecule has 1 aliphatic rings. The van der Waals surface area contributed by atoms with Crippen molar-refractivity contribution in [2.45, 2.75) is 46.1 Å². The number of nitrogens with one attached hydrogen (secondary N) is 1. The lowest BCUT2D eigenvalue weighted by molar-refractivity contribution is -0.136. The van der Waals surface area contributed by atoms with E-state index in [0.717, 1.165) is 18.0 Å². The molecular weight excluding hydrogens is 407 g/mol. The van der Waals surface area contributed by atoms with Crippen LogP contribution in [0.5, 0.6) is 0 Å². The monoisotopic (exact) mass is 434 g/mol. The number of hydrogen-bond acceptors (Lipinski definition) is 4. The number of rotatable bonds is 5. The molecule has 1 fully saturated rings. The number of nitrogens with zero attached hydrogens (tertiary/aromatic N) is 3. The summed E-state index contributed by atoms with van der Waals surface area (Å²) in [5, 5.41) is 4.27. The first-order chi connectivity index (χ1) is 13.7. The SMILES string of the molecule is CC(C)[C@@H](Nc1nccc(Cl)n1)C(=O)N1CCC(c2ccc(Cl)cc2)C(C)(C)C1. The van der Waals surface area contributed by atoms with Gasteiger partial charge in [-0.15, -0.1) is 0 Å². The number of likely N-dealkylation sites (tertiary alicyclic amines) is 1. The van der Waals surface area contributed by atoms with Crippen molar-refractivity contribution in [3.8, 4) is 0 Å². The fraction of sp³-hybridized carbons (Fsp3) is 0.500. The first kappa shape index (κ1) is 21.8. The van der Waals surface area contributed by atoms with Crippen molar-refractivity contribution in [3.05, 3.63) is 52.3 Å². The minimum absolute atomic E-state index is 0.0458. The Labute approximate surface area is 182 Å². The molecule has 2 heterocycles. The fourth-order valence-electron chi connectivity index (χ4n) is 4.11. The van der Waals surface area contributed by atoms with E-state index in [0.29, 0.717) is 23.6 Å². The lowest BCUT2D eigenvalue weighted by Crippen LogP contribution is -2.53. The maximum absolute atomic E-state index is 13.4. The Morgan fingerprint density at radius 3 is 2.48 bits per heavy atom. The predicted octanol–water partition coefficient (Wildman–Crippen LogP) is 5.26. The van der Waals surface area contributed by atoms with Gasteiger partial charge in [0.05, 0.1) is 0 Å². The van der Waals surface area contributed by atoms with Crippen molar-refractivity contribution < 1.29 is 4.79 Å². The highest BCUT2D eigenvalue weighted by Gasteiger charge is 2.40. The quantitative estimate of drug-likeness (QED) is 0.651. The van der Waals surface area contributed by atoms with Crippen molar-refractivity contribution in [3.63, 3.8) is 0 Å². The van der Waals surface area contributed by atoms with Crippen LogP contribution < -0.4 is 5.32 Å². The Morgan fingerprint density at radius 1 is 1.21 bits per heavy atom. The molecule has 2 atom stereocenters. The predicted molar refractivity (Wildman–Crippen MR) is 118 cm³/mol. The van der Waals surface area contributed by atoms with E-state index in [4.69, 9.17) is 23.2 Å². The molecule has 0 bridgehead atoms. The molecule has 1 N–H and O–H groups in total. The second-order valence-electron chi connectivity index (χ2n) is 8.71. The van der Waals surface area contributed by atoms with E-state index in [1.54, 1.807) is 12.3 Å². The largest absolute Gasteiger partial charge is 0.342 e. The summed E-state index contributed by atoms with van der Waals surface area (Å²) in [5.74, 6) is 0.916. The van der Waals surface area contributed by atoms with Gasteiger partial charge in [-0.2, -0.15) is 0 Å². The van der Waals surface area contributed by atoms with Crippen molar-refractivity contribution >= 4 is 35.1 Å². The maximum atomic E-state index is 13.4.